The third-order valence-electron chi connectivity index (χ3n) is 8.74. The van der Waals surface area contributed by atoms with Crippen LogP contribution in [0.15, 0.2) is 42.5 Å². The maximum Gasteiger partial charge on any atom is 0.494 e. The Bertz CT molecular complexity index is 1490. The number of aromatic amines is 1. The Morgan fingerprint density at radius 2 is 1.67 bits per heavy atom. The van der Waals surface area contributed by atoms with Crippen molar-refractivity contribution >= 4 is 35.6 Å². The van der Waals surface area contributed by atoms with Gasteiger partial charge in [-0.3, -0.25) is 9.69 Å². The summed E-state index contributed by atoms with van der Waals surface area (Å²) in [5.74, 6) is -3.97. The van der Waals surface area contributed by atoms with Crippen LogP contribution in [-0.4, -0.2) is 80.8 Å². The van der Waals surface area contributed by atoms with Gasteiger partial charge in [-0.25, -0.2) is 18.6 Å². The van der Waals surface area contributed by atoms with Gasteiger partial charge >= 0.3 is 13.2 Å². The number of H-pyrrole nitrogens is 1. The van der Waals surface area contributed by atoms with E-state index in [-0.39, 0.29) is 5.82 Å². The minimum atomic E-state index is -3.13. The molecule has 9 nitrogen and oxygen atoms in total. The molecule has 2 aromatic carbocycles. The molecule has 42 heavy (non-hydrogen) atoms. The van der Waals surface area contributed by atoms with E-state index in [2.05, 4.69) is 9.97 Å². The number of carbonyl (C=O) groups excluding carboxylic acids is 1. The van der Waals surface area contributed by atoms with E-state index in [0.29, 0.717) is 11.0 Å². The Kier molecular flexibility index (Phi) is 7.38. The minimum Gasteiger partial charge on any atom is -0.465 e. The van der Waals surface area contributed by atoms with E-state index >= 15 is 0 Å². The van der Waals surface area contributed by atoms with Crippen molar-refractivity contribution in [1.29, 1.82) is 0 Å². The maximum absolute atomic E-state index is 14.7. The summed E-state index contributed by atoms with van der Waals surface area (Å²) in [4.78, 5) is 34.8. The number of nitrogens with one attached hydrogen (secondary N) is 1. The smallest absolute Gasteiger partial charge is 0.465 e. The first kappa shape index (κ1) is 30.0. The number of alkyl halides is 2. The fourth-order valence-electron chi connectivity index (χ4n) is 5.66. The molecule has 2 fully saturated rings. The standard InChI is InChI=1S/C30H37BF2N4O5/c1-17(2)24(36(7)27(39)40)26(38)37-16-30(32,33)15-23(37)25-34-21-13-10-19(14-22(21)35-25)18-8-11-20(12-9-18)31-41-28(3,4)29(5,6)42-31/h8-14,17,23-24H,15-16H2,1-7H3,(H,34,35)(H,39,40)/t23-,24-/m0/s1. The Morgan fingerprint density at radius 3 is 2.24 bits per heavy atom. The van der Waals surface area contributed by atoms with Gasteiger partial charge in [0.1, 0.15) is 11.9 Å². The highest BCUT2D eigenvalue weighted by atomic mass is 19.3. The number of amides is 2. The molecule has 0 radical (unpaired) electrons. The molecule has 3 aromatic rings. The monoisotopic (exact) mass is 582 g/mol. The number of halogens is 2. The lowest BCUT2D eigenvalue weighted by Gasteiger charge is -2.33. The van der Waals surface area contributed by atoms with E-state index in [4.69, 9.17) is 9.31 Å². The number of likely N-dealkylation sites (tertiary alicyclic amines) is 1. The number of hydrogen-bond donors (Lipinski definition) is 2. The fourth-order valence-corrected chi connectivity index (χ4v) is 5.66. The summed E-state index contributed by atoms with van der Waals surface area (Å²) < 4.78 is 41.7. The van der Waals surface area contributed by atoms with Gasteiger partial charge in [-0.15, -0.1) is 0 Å². The second-order valence-electron chi connectivity index (χ2n) is 12.7. The van der Waals surface area contributed by atoms with Gasteiger partial charge in [0.2, 0.25) is 5.91 Å². The van der Waals surface area contributed by atoms with Gasteiger partial charge < -0.3 is 24.3 Å². The lowest BCUT2D eigenvalue weighted by molar-refractivity contribution is -0.139. The van der Waals surface area contributed by atoms with Crippen LogP contribution >= 0.6 is 0 Å². The Hall–Kier alpha value is -3.51. The van der Waals surface area contributed by atoms with Crippen LogP contribution < -0.4 is 5.46 Å². The van der Waals surface area contributed by atoms with Crippen molar-refractivity contribution in [2.75, 3.05) is 13.6 Å². The van der Waals surface area contributed by atoms with Crippen LogP contribution in [0.1, 0.15) is 59.8 Å². The second kappa shape index (κ2) is 10.3. The van der Waals surface area contributed by atoms with Crippen LogP contribution in [-0.2, 0) is 14.1 Å². The third-order valence-corrected chi connectivity index (χ3v) is 8.74. The van der Waals surface area contributed by atoms with Gasteiger partial charge in [-0.1, -0.05) is 44.2 Å². The highest BCUT2D eigenvalue weighted by molar-refractivity contribution is 6.62. The number of rotatable bonds is 6. The number of imidazole rings is 1. The van der Waals surface area contributed by atoms with E-state index in [1.807, 2.05) is 64.1 Å². The molecule has 1 aromatic heterocycles. The van der Waals surface area contributed by atoms with Crippen LogP contribution in [0.25, 0.3) is 22.2 Å². The van der Waals surface area contributed by atoms with Crippen molar-refractivity contribution in [2.24, 2.45) is 5.92 Å². The molecule has 2 aliphatic heterocycles. The van der Waals surface area contributed by atoms with E-state index < -0.39 is 67.2 Å². The topological polar surface area (TPSA) is 108 Å². The summed E-state index contributed by atoms with van der Waals surface area (Å²) in [6, 6.07) is 11.3. The zero-order valence-corrected chi connectivity index (χ0v) is 24.9. The predicted octanol–water partition coefficient (Wildman–Crippen LogP) is 5.07. The lowest BCUT2D eigenvalue weighted by Crippen LogP contribution is -2.52. The minimum absolute atomic E-state index is 0.240. The number of carboxylic acid groups (broad SMARTS) is 1. The van der Waals surface area contributed by atoms with Crippen molar-refractivity contribution < 1.29 is 32.8 Å². The van der Waals surface area contributed by atoms with Crippen molar-refractivity contribution in [2.45, 2.75) is 77.2 Å². The molecule has 0 saturated carbocycles. The summed E-state index contributed by atoms with van der Waals surface area (Å²) in [6.07, 6.45) is -1.90. The number of fused-ring (bicyclic) bond motifs is 1. The van der Waals surface area contributed by atoms with E-state index in [1.54, 1.807) is 19.9 Å². The first-order valence-electron chi connectivity index (χ1n) is 14.1. The predicted molar refractivity (Wildman–Crippen MR) is 156 cm³/mol. The van der Waals surface area contributed by atoms with Crippen molar-refractivity contribution in [3.63, 3.8) is 0 Å². The zero-order valence-electron chi connectivity index (χ0n) is 24.9. The Balaban J connectivity index is 1.40. The number of aromatic nitrogens is 2. The van der Waals surface area contributed by atoms with Crippen LogP contribution in [0.4, 0.5) is 13.6 Å². The molecular weight excluding hydrogens is 545 g/mol. The molecule has 0 spiro atoms. The van der Waals surface area contributed by atoms with E-state index in [1.165, 1.54) is 7.05 Å². The summed E-state index contributed by atoms with van der Waals surface area (Å²) in [7, 11) is 0.807. The fraction of sp³-hybridized carbons (Fsp3) is 0.500. The number of likely N-dealkylation sites (N-methyl/N-ethyl adjacent to an activating group) is 1. The summed E-state index contributed by atoms with van der Waals surface area (Å²) >= 11 is 0. The molecular formula is C30H37BF2N4O5. The summed E-state index contributed by atoms with van der Waals surface area (Å²) in [6.45, 7) is 10.6. The largest absolute Gasteiger partial charge is 0.494 e. The molecule has 224 valence electrons. The Morgan fingerprint density at radius 1 is 1.07 bits per heavy atom. The molecule has 0 aliphatic carbocycles. The van der Waals surface area contributed by atoms with E-state index in [9.17, 15) is 23.5 Å². The normalized spacial score (nSPS) is 21.7. The first-order valence-corrected chi connectivity index (χ1v) is 14.1. The van der Waals surface area contributed by atoms with E-state index in [0.717, 1.165) is 26.4 Å². The quantitative estimate of drug-likeness (QED) is 0.393. The highest BCUT2D eigenvalue weighted by Crippen LogP contribution is 2.42. The van der Waals surface area contributed by atoms with Crippen LogP contribution in [0.3, 0.4) is 0 Å². The first-order chi connectivity index (χ1) is 19.5. The SMILES string of the molecule is CC(C)[C@@H](C(=O)N1CC(F)(F)C[C@H]1c1nc2ccc(-c3ccc(B4OC(C)(C)C(C)(C)O4)cc3)cc2[nH]1)N(C)C(=O)O. The molecule has 5 rings (SSSR count). The third kappa shape index (κ3) is 5.37. The average molecular weight is 582 g/mol. The zero-order chi connectivity index (χ0) is 30.8. The molecule has 2 aliphatic rings. The van der Waals surface area contributed by atoms with Gasteiger partial charge in [0.25, 0.3) is 5.92 Å². The second-order valence-corrected chi connectivity index (χ2v) is 12.7. The molecule has 12 heteroatoms. The van der Waals surface area contributed by atoms with Gasteiger partial charge in [-0.2, -0.15) is 0 Å². The number of nitrogens with zero attached hydrogens (tertiary/aromatic N) is 3. The van der Waals surface area contributed by atoms with Crippen molar-refractivity contribution in [3.8, 4) is 11.1 Å². The van der Waals surface area contributed by atoms with Crippen LogP contribution in [0, 0.1) is 5.92 Å². The van der Waals surface area contributed by atoms with Gasteiger partial charge in [0.15, 0.2) is 0 Å². The molecule has 2 N–H and O–H groups in total. The molecule has 3 heterocycles. The number of carbonyl (C=O) groups is 2. The van der Waals surface area contributed by atoms with Crippen molar-refractivity contribution in [1.82, 2.24) is 19.8 Å². The summed E-state index contributed by atoms with van der Waals surface area (Å²) in [5.41, 5.74) is 3.08. The molecule has 2 amide bonds. The van der Waals surface area contributed by atoms with Crippen molar-refractivity contribution in [3.05, 3.63) is 48.3 Å². The highest BCUT2D eigenvalue weighted by Gasteiger charge is 2.52. The summed E-state index contributed by atoms with van der Waals surface area (Å²) in [5, 5.41) is 9.48. The molecule has 0 unspecified atom stereocenters. The van der Waals surface area contributed by atoms with Crippen LogP contribution in [0.5, 0.6) is 0 Å². The lowest BCUT2D eigenvalue weighted by atomic mass is 9.78. The number of hydrogen-bond acceptors (Lipinski definition) is 5. The maximum atomic E-state index is 14.7. The average Bonchev–Trinajstić information content (AvgIpc) is 3.53. The molecule has 2 saturated heterocycles. The number of benzene rings is 2. The Labute approximate surface area is 244 Å². The van der Waals surface area contributed by atoms with Crippen LogP contribution in [0.2, 0.25) is 0 Å². The molecule has 0 bridgehead atoms. The molecule has 2 atom stereocenters. The van der Waals surface area contributed by atoms with Gasteiger partial charge in [0, 0.05) is 13.5 Å². The van der Waals surface area contributed by atoms with Gasteiger partial charge in [-0.05, 0) is 62.3 Å². The van der Waals surface area contributed by atoms with Gasteiger partial charge in [0.05, 0.1) is 34.8 Å².